The van der Waals surface area contributed by atoms with Crippen LogP contribution in [0.3, 0.4) is 0 Å². The van der Waals surface area contributed by atoms with E-state index in [0.717, 1.165) is 29.4 Å². The number of nitrogens with zero attached hydrogens (tertiary/aromatic N) is 1. The van der Waals surface area contributed by atoms with Gasteiger partial charge in [-0.3, -0.25) is 4.79 Å². The minimum Gasteiger partial charge on any atom is -0.399 e. The number of fused-ring (bicyclic) bond motifs is 1. The van der Waals surface area contributed by atoms with Gasteiger partial charge in [-0.15, -0.1) is 0 Å². The van der Waals surface area contributed by atoms with E-state index in [-0.39, 0.29) is 5.91 Å². The summed E-state index contributed by atoms with van der Waals surface area (Å²) in [6.45, 7) is 0.365. The molecule has 1 aliphatic carbocycles. The molecule has 4 heteroatoms. The number of hydrogen-bond acceptors (Lipinski definition) is 2. The van der Waals surface area contributed by atoms with Crippen LogP contribution in [0.25, 0.3) is 10.9 Å². The third kappa shape index (κ3) is 2.57. The fourth-order valence-electron chi connectivity index (χ4n) is 2.84. The lowest BCUT2D eigenvalue weighted by Crippen LogP contribution is -2.35. The summed E-state index contributed by atoms with van der Waals surface area (Å²) in [5, 5.41) is 4.22. The standard InChI is InChI=1S/C15H19N3O/c16-12-6-5-11-7-8-18(14(11)9-12)10-15(19)17-13-3-1-2-4-13/h5-9,13H,1-4,10,16H2,(H,17,19). The van der Waals surface area contributed by atoms with Crippen molar-refractivity contribution in [3.05, 3.63) is 30.5 Å². The highest BCUT2D eigenvalue weighted by Gasteiger charge is 2.17. The predicted molar refractivity (Wildman–Crippen MR) is 76.7 cm³/mol. The van der Waals surface area contributed by atoms with Crippen LogP contribution in [0.4, 0.5) is 5.69 Å². The van der Waals surface area contributed by atoms with Crippen LogP contribution in [-0.2, 0) is 11.3 Å². The summed E-state index contributed by atoms with van der Waals surface area (Å²) in [6.07, 6.45) is 6.64. The molecule has 0 unspecified atom stereocenters. The number of carbonyl (C=O) groups excluding carboxylic acids is 1. The molecule has 100 valence electrons. The first-order valence-electron chi connectivity index (χ1n) is 6.86. The second-order valence-corrected chi connectivity index (χ2v) is 5.31. The summed E-state index contributed by atoms with van der Waals surface area (Å²) >= 11 is 0. The quantitative estimate of drug-likeness (QED) is 0.829. The van der Waals surface area contributed by atoms with E-state index >= 15 is 0 Å². The Hall–Kier alpha value is -1.97. The predicted octanol–water partition coefficient (Wildman–Crippen LogP) is 2.28. The fraction of sp³-hybridized carbons (Fsp3) is 0.400. The molecule has 0 bridgehead atoms. The lowest BCUT2D eigenvalue weighted by atomic mass is 10.2. The van der Waals surface area contributed by atoms with Gasteiger partial charge >= 0.3 is 0 Å². The molecule has 1 aromatic carbocycles. The number of amides is 1. The summed E-state index contributed by atoms with van der Waals surface area (Å²) in [5.41, 5.74) is 7.54. The molecule has 1 saturated carbocycles. The smallest absolute Gasteiger partial charge is 0.240 e. The molecule has 0 saturated heterocycles. The Morgan fingerprint density at radius 3 is 2.89 bits per heavy atom. The molecule has 0 aliphatic heterocycles. The number of hydrogen-bond donors (Lipinski definition) is 2. The molecule has 1 heterocycles. The van der Waals surface area contributed by atoms with Crippen LogP contribution in [0.2, 0.25) is 0 Å². The maximum Gasteiger partial charge on any atom is 0.240 e. The highest BCUT2D eigenvalue weighted by molar-refractivity contribution is 5.85. The first kappa shape index (κ1) is 12.1. The second-order valence-electron chi connectivity index (χ2n) is 5.31. The molecule has 2 aromatic rings. The Balaban J connectivity index is 1.73. The van der Waals surface area contributed by atoms with Crippen molar-refractivity contribution in [2.24, 2.45) is 0 Å². The van der Waals surface area contributed by atoms with Gasteiger partial charge in [0, 0.05) is 17.9 Å². The first-order valence-corrected chi connectivity index (χ1v) is 6.86. The van der Waals surface area contributed by atoms with Crippen LogP contribution in [0, 0.1) is 0 Å². The Morgan fingerprint density at radius 2 is 2.11 bits per heavy atom. The van der Waals surface area contributed by atoms with E-state index in [0.29, 0.717) is 12.6 Å². The van der Waals surface area contributed by atoms with Crippen molar-refractivity contribution in [2.45, 2.75) is 38.3 Å². The van der Waals surface area contributed by atoms with Crippen molar-refractivity contribution < 1.29 is 4.79 Å². The number of nitrogen functional groups attached to an aromatic ring is 1. The maximum atomic E-state index is 12.0. The number of anilines is 1. The fourth-order valence-corrected chi connectivity index (χ4v) is 2.84. The number of nitrogens with two attached hydrogens (primary N) is 1. The van der Waals surface area contributed by atoms with Crippen molar-refractivity contribution >= 4 is 22.5 Å². The van der Waals surface area contributed by atoms with Gasteiger partial charge in [0.05, 0.1) is 5.52 Å². The molecule has 19 heavy (non-hydrogen) atoms. The van der Waals surface area contributed by atoms with Crippen molar-refractivity contribution in [2.75, 3.05) is 5.73 Å². The van der Waals surface area contributed by atoms with Gasteiger partial charge in [0.2, 0.25) is 5.91 Å². The van der Waals surface area contributed by atoms with Crippen LogP contribution in [0.1, 0.15) is 25.7 Å². The third-order valence-electron chi connectivity index (χ3n) is 3.83. The molecule has 4 nitrogen and oxygen atoms in total. The van der Waals surface area contributed by atoms with Gasteiger partial charge in [0.1, 0.15) is 6.54 Å². The van der Waals surface area contributed by atoms with Gasteiger partial charge < -0.3 is 15.6 Å². The number of carbonyl (C=O) groups is 1. The van der Waals surface area contributed by atoms with Crippen LogP contribution in [-0.4, -0.2) is 16.5 Å². The maximum absolute atomic E-state index is 12.0. The SMILES string of the molecule is Nc1ccc2ccn(CC(=O)NC3CCCC3)c2c1. The van der Waals surface area contributed by atoms with E-state index in [9.17, 15) is 4.79 Å². The molecular weight excluding hydrogens is 238 g/mol. The molecular formula is C15H19N3O. The van der Waals surface area contributed by atoms with Crippen LogP contribution >= 0.6 is 0 Å². The van der Waals surface area contributed by atoms with Gasteiger partial charge in [-0.05, 0) is 36.4 Å². The zero-order chi connectivity index (χ0) is 13.2. The lowest BCUT2D eigenvalue weighted by molar-refractivity contribution is -0.122. The molecule has 0 radical (unpaired) electrons. The van der Waals surface area contributed by atoms with Crippen LogP contribution < -0.4 is 11.1 Å². The number of rotatable bonds is 3. The first-order chi connectivity index (χ1) is 9.22. The molecule has 3 N–H and O–H groups in total. The summed E-state index contributed by atoms with van der Waals surface area (Å²) in [6, 6.07) is 8.16. The van der Waals surface area contributed by atoms with Crippen molar-refractivity contribution in [1.82, 2.24) is 9.88 Å². The average Bonchev–Trinajstić information content (AvgIpc) is 3.00. The molecule has 0 spiro atoms. The number of aromatic nitrogens is 1. The van der Waals surface area contributed by atoms with E-state index in [1.807, 2.05) is 35.0 Å². The summed E-state index contributed by atoms with van der Waals surface area (Å²) < 4.78 is 1.95. The molecule has 1 aliphatic rings. The zero-order valence-corrected chi connectivity index (χ0v) is 10.9. The van der Waals surface area contributed by atoms with E-state index < -0.39 is 0 Å². The Labute approximate surface area is 112 Å². The Kier molecular flexibility index (Phi) is 3.15. The monoisotopic (exact) mass is 257 g/mol. The van der Waals surface area contributed by atoms with Crippen LogP contribution in [0.5, 0.6) is 0 Å². The van der Waals surface area contributed by atoms with Gasteiger partial charge in [-0.2, -0.15) is 0 Å². The minimum atomic E-state index is 0.0897. The van der Waals surface area contributed by atoms with Gasteiger partial charge in [-0.25, -0.2) is 0 Å². The lowest BCUT2D eigenvalue weighted by Gasteiger charge is -2.12. The molecule has 1 amide bonds. The largest absolute Gasteiger partial charge is 0.399 e. The summed E-state index contributed by atoms with van der Waals surface area (Å²) in [4.78, 5) is 12.0. The molecule has 0 atom stereocenters. The van der Waals surface area contributed by atoms with Crippen molar-refractivity contribution in [1.29, 1.82) is 0 Å². The Bertz CT molecular complexity index is 596. The topological polar surface area (TPSA) is 60.0 Å². The van der Waals surface area contributed by atoms with Gasteiger partial charge in [-0.1, -0.05) is 18.9 Å². The van der Waals surface area contributed by atoms with Crippen molar-refractivity contribution in [3.63, 3.8) is 0 Å². The third-order valence-corrected chi connectivity index (χ3v) is 3.83. The normalized spacial score (nSPS) is 16.0. The molecule has 1 fully saturated rings. The molecule has 3 rings (SSSR count). The van der Waals surface area contributed by atoms with Crippen molar-refractivity contribution in [3.8, 4) is 0 Å². The van der Waals surface area contributed by atoms with Crippen LogP contribution in [0.15, 0.2) is 30.5 Å². The van der Waals surface area contributed by atoms with Gasteiger partial charge in [0.15, 0.2) is 0 Å². The average molecular weight is 257 g/mol. The van der Waals surface area contributed by atoms with E-state index in [1.165, 1.54) is 12.8 Å². The summed E-state index contributed by atoms with van der Waals surface area (Å²) in [7, 11) is 0. The van der Waals surface area contributed by atoms with E-state index in [4.69, 9.17) is 5.73 Å². The van der Waals surface area contributed by atoms with E-state index in [1.54, 1.807) is 0 Å². The van der Waals surface area contributed by atoms with Gasteiger partial charge in [0.25, 0.3) is 0 Å². The number of nitrogens with one attached hydrogen (secondary N) is 1. The number of benzene rings is 1. The minimum absolute atomic E-state index is 0.0897. The molecule has 1 aromatic heterocycles. The second kappa shape index (κ2) is 4.96. The zero-order valence-electron chi connectivity index (χ0n) is 10.9. The highest BCUT2D eigenvalue weighted by atomic mass is 16.2. The van der Waals surface area contributed by atoms with E-state index in [2.05, 4.69) is 5.32 Å². The Morgan fingerprint density at radius 1 is 1.32 bits per heavy atom. The highest BCUT2D eigenvalue weighted by Crippen LogP contribution is 2.20. The summed E-state index contributed by atoms with van der Waals surface area (Å²) in [5.74, 6) is 0.0897.